The normalized spacial score (nSPS) is 18.7. The van der Waals surface area contributed by atoms with Crippen molar-refractivity contribution in [1.82, 2.24) is 4.90 Å². The molecule has 1 aliphatic carbocycles. The van der Waals surface area contributed by atoms with Crippen LogP contribution in [0, 0.1) is 5.92 Å². The van der Waals surface area contributed by atoms with E-state index in [0.717, 1.165) is 62.4 Å². The van der Waals surface area contributed by atoms with Crippen LogP contribution in [0.25, 0.3) is 0 Å². The molecule has 2 heterocycles. The van der Waals surface area contributed by atoms with Crippen LogP contribution in [0.1, 0.15) is 34.1 Å². The van der Waals surface area contributed by atoms with Gasteiger partial charge in [-0.25, -0.2) is 4.79 Å². The lowest BCUT2D eigenvalue weighted by Gasteiger charge is -2.36. The number of fused-ring (bicyclic) bond motifs is 1. The van der Waals surface area contributed by atoms with Gasteiger partial charge < -0.3 is 19.7 Å². The zero-order valence-corrected chi connectivity index (χ0v) is 19.8. The molecule has 1 atom stereocenters. The summed E-state index contributed by atoms with van der Waals surface area (Å²) in [6.45, 7) is 5.75. The lowest BCUT2D eigenvalue weighted by atomic mass is 9.88. The molecule has 0 radical (unpaired) electrons. The zero-order chi connectivity index (χ0) is 22.7. The number of nitrogens with zero attached hydrogens (tertiary/aromatic N) is 2. The van der Waals surface area contributed by atoms with Crippen LogP contribution >= 0.6 is 11.3 Å². The highest BCUT2D eigenvalue weighted by atomic mass is 32.1. The monoisotopic (exact) mass is 457 g/mol. The van der Waals surface area contributed by atoms with Crippen LogP contribution in [0.3, 0.4) is 0 Å². The topological polar surface area (TPSA) is 71.1 Å². The number of piperazine rings is 1. The number of hydrogen-bond acceptors (Lipinski definition) is 7. The number of esters is 1. The van der Waals surface area contributed by atoms with Crippen molar-refractivity contribution < 1.29 is 19.1 Å². The molecule has 1 aromatic carbocycles. The number of carbonyl (C=O) groups is 2. The number of benzene rings is 1. The van der Waals surface area contributed by atoms with Crippen molar-refractivity contribution in [3.05, 3.63) is 40.3 Å². The predicted molar refractivity (Wildman–Crippen MR) is 127 cm³/mol. The van der Waals surface area contributed by atoms with E-state index in [-0.39, 0.29) is 11.9 Å². The molecule has 172 valence electrons. The smallest absolute Gasteiger partial charge is 0.341 e. The van der Waals surface area contributed by atoms with Crippen LogP contribution in [-0.4, -0.2) is 63.7 Å². The molecule has 2 aromatic rings. The number of thiophene rings is 1. The van der Waals surface area contributed by atoms with Gasteiger partial charge in [0.05, 0.1) is 32.0 Å². The van der Waals surface area contributed by atoms with Crippen LogP contribution in [0.15, 0.2) is 24.3 Å². The summed E-state index contributed by atoms with van der Waals surface area (Å²) in [5.74, 6) is 1.00. The van der Waals surface area contributed by atoms with E-state index in [4.69, 9.17) is 9.47 Å². The Hall–Kier alpha value is -2.58. The maximum atomic E-state index is 12.8. The highest BCUT2D eigenvalue weighted by molar-refractivity contribution is 7.17. The number of methoxy groups -OCH3 is 2. The maximum absolute atomic E-state index is 12.8. The largest absolute Gasteiger partial charge is 0.495 e. The minimum absolute atomic E-state index is 0.0902. The third kappa shape index (κ3) is 4.76. The van der Waals surface area contributed by atoms with E-state index in [1.54, 1.807) is 7.11 Å². The van der Waals surface area contributed by atoms with E-state index >= 15 is 0 Å². The van der Waals surface area contributed by atoms with E-state index in [1.807, 2.05) is 18.2 Å². The van der Waals surface area contributed by atoms with Gasteiger partial charge in [-0.1, -0.05) is 19.1 Å². The number of rotatable bonds is 6. The van der Waals surface area contributed by atoms with Crippen molar-refractivity contribution >= 4 is 33.9 Å². The highest BCUT2D eigenvalue weighted by Gasteiger charge is 2.29. The Kier molecular flexibility index (Phi) is 7.01. The number of amides is 1. The number of nitrogens with one attached hydrogen (secondary N) is 1. The molecular weight excluding hydrogens is 426 g/mol. The summed E-state index contributed by atoms with van der Waals surface area (Å²) in [4.78, 5) is 30.9. The van der Waals surface area contributed by atoms with Crippen LogP contribution in [0.5, 0.6) is 5.75 Å². The van der Waals surface area contributed by atoms with Gasteiger partial charge in [0.25, 0.3) is 0 Å². The van der Waals surface area contributed by atoms with Crippen LogP contribution in [-0.2, 0) is 22.4 Å². The van der Waals surface area contributed by atoms with Gasteiger partial charge in [0.1, 0.15) is 10.8 Å². The first-order chi connectivity index (χ1) is 15.5. The molecule has 7 nitrogen and oxygen atoms in total. The number of hydrogen-bond donors (Lipinski definition) is 1. The average Bonchev–Trinajstić information content (AvgIpc) is 3.15. The second-order valence-corrected chi connectivity index (χ2v) is 9.64. The Labute approximate surface area is 193 Å². The highest BCUT2D eigenvalue weighted by Crippen LogP contribution is 2.40. The second kappa shape index (κ2) is 9.92. The molecule has 2 aliphatic rings. The number of carbonyl (C=O) groups excluding carboxylic acids is 2. The van der Waals surface area contributed by atoms with Gasteiger partial charge in [0, 0.05) is 31.1 Å². The summed E-state index contributed by atoms with van der Waals surface area (Å²) in [7, 11) is 3.08. The van der Waals surface area contributed by atoms with E-state index in [2.05, 4.69) is 28.1 Å². The fourth-order valence-electron chi connectivity index (χ4n) is 4.56. The molecule has 4 rings (SSSR count). The van der Waals surface area contributed by atoms with Crippen molar-refractivity contribution in [2.75, 3.05) is 57.2 Å². The van der Waals surface area contributed by atoms with Crippen molar-refractivity contribution in [1.29, 1.82) is 0 Å². The molecule has 1 fully saturated rings. The maximum Gasteiger partial charge on any atom is 0.341 e. The summed E-state index contributed by atoms with van der Waals surface area (Å²) >= 11 is 1.53. The molecule has 1 N–H and O–H groups in total. The summed E-state index contributed by atoms with van der Waals surface area (Å²) in [6, 6.07) is 8.01. The lowest BCUT2D eigenvalue weighted by Crippen LogP contribution is -2.48. The van der Waals surface area contributed by atoms with Gasteiger partial charge >= 0.3 is 5.97 Å². The molecule has 0 spiro atoms. The average molecular weight is 458 g/mol. The molecule has 1 aromatic heterocycles. The summed E-state index contributed by atoms with van der Waals surface area (Å²) < 4.78 is 10.5. The van der Waals surface area contributed by atoms with Gasteiger partial charge in [-0.2, -0.15) is 0 Å². The van der Waals surface area contributed by atoms with Crippen molar-refractivity contribution in [2.45, 2.75) is 26.2 Å². The van der Waals surface area contributed by atoms with Crippen LogP contribution in [0.2, 0.25) is 0 Å². The lowest BCUT2D eigenvalue weighted by molar-refractivity contribution is -0.117. The van der Waals surface area contributed by atoms with E-state index in [0.29, 0.717) is 23.0 Å². The van der Waals surface area contributed by atoms with E-state index in [1.165, 1.54) is 23.3 Å². The summed E-state index contributed by atoms with van der Waals surface area (Å²) in [5, 5.41) is 3.64. The van der Waals surface area contributed by atoms with Crippen molar-refractivity contribution in [2.24, 2.45) is 5.92 Å². The van der Waals surface area contributed by atoms with E-state index in [9.17, 15) is 9.59 Å². The summed E-state index contributed by atoms with van der Waals surface area (Å²) in [6.07, 6.45) is 2.86. The first-order valence-electron chi connectivity index (χ1n) is 11.1. The van der Waals surface area contributed by atoms with Crippen molar-refractivity contribution in [3.63, 3.8) is 0 Å². The zero-order valence-electron chi connectivity index (χ0n) is 19.0. The fourth-order valence-corrected chi connectivity index (χ4v) is 5.98. The Morgan fingerprint density at radius 3 is 2.62 bits per heavy atom. The second-order valence-electron chi connectivity index (χ2n) is 8.53. The third-order valence-electron chi connectivity index (χ3n) is 6.32. The Morgan fingerprint density at radius 2 is 1.91 bits per heavy atom. The number of para-hydroxylation sites is 2. The molecule has 0 bridgehead atoms. The van der Waals surface area contributed by atoms with E-state index < -0.39 is 0 Å². The number of ether oxygens (including phenoxy) is 2. The third-order valence-corrected chi connectivity index (χ3v) is 7.49. The van der Waals surface area contributed by atoms with Gasteiger partial charge in [0.2, 0.25) is 5.91 Å². The molecule has 0 saturated carbocycles. The van der Waals surface area contributed by atoms with Gasteiger partial charge in [-0.05, 0) is 42.9 Å². The number of anilines is 2. The molecular formula is C24H31N3O4S. The molecule has 32 heavy (non-hydrogen) atoms. The van der Waals surface area contributed by atoms with Gasteiger partial charge in [-0.15, -0.1) is 11.3 Å². The molecule has 0 unspecified atom stereocenters. The van der Waals surface area contributed by atoms with Crippen molar-refractivity contribution in [3.8, 4) is 5.75 Å². The van der Waals surface area contributed by atoms with Gasteiger partial charge in [0.15, 0.2) is 0 Å². The quantitative estimate of drug-likeness (QED) is 0.671. The minimum Gasteiger partial charge on any atom is -0.495 e. The van der Waals surface area contributed by atoms with Crippen LogP contribution < -0.4 is 15.0 Å². The van der Waals surface area contributed by atoms with Gasteiger partial charge in [-0.3, -0.25) is 9.69 Å². The standard InChI is InChI=1S/C24H31N3O4S/c1-16-8-9-17-20(14-16)32-23(22(17)24(29)31-3)25-21(28)15-26-10-12-27(13-11-26)18-6-4-5-7-19(18)30-2/h4-7,16H,8-15H2,1-3H3,(H,25,28)/t16-/m1/s1. The Morgan fingerprint density at radius 1 is 1.16 bits per heavy atom. The predicted octanol–water partition coefficient (Wildman–Crippen LogP) is 3.43. The minimum atomic E-state index is -0.363. The molecule has 8 heteroatoms. The first-order valence-corrected chi connectivity index (χ1v) is 11.9. The summed E-state index contributed by atoms with van der Waals surface area (Å²) in [5.41, 5.74) is 2.69. The first kappa shape index (κ1) is 22.6. The molecule has 1 aliphatic heterocycles. The SMILES string of the molecule is COC(=O)c1c(NC(=O)CN2CCN(c3ccccc3OC)CC2)sc2c1CC[C@@H](C)C2. The Bertz CT molecular complexity index is 982. The molecule has 1 saturated heterocycles. The van der Waals surface area contributed by atoms with Crippen LogP contribution in [0.4, 0.5) is 10.7 Å². The molecule has 1 amide bonds. The fraction of sp³-hybridized carbons (Fsp3) is 0.500. The Balaban J connectivity index is 1.38.